The number of aliphatic hydroxyl groups excluding tert-OH is 1. The van der Waals surface area contributed by atoms with E-state index in [2.05, 4.69) is 10.4 Å². The number of aryl methyl sites for hydroxylation is 1. The van der Waals surface area contributed by atoms with E-state index in [1.807, 2.05) is 20.9 Å². The third-order valence-electron chi connectivity index (χ3n) is 4.45. The summed E-state index contributed by atoms with van der Waals surface area (Å²) in [6, 6.07) is 0. The van der Waals surface area contributed by atoms with Crippen molar-refractivity contribution in [1.82, 2.24) is 15.1 Å². The van der Waals surface area contributed by atoms with Crippen LogP contribution < -0.4 is 5.32 Å². The summed E-state index contributed by atoms with van der Waals surface area (Å²) in [7, 11) is 1.83. The van der Waals surface area contributed by atoms with Gasteiger partial charge in [0.1, 0.15) is 0 Å². The van der Waals surface area contributed by atoms with Crippen LogP contribution in [0.15, 0.2) is 0 Å². The quantitative estimate of drug-likeness (QED) is 0.837. The molecule has 7 nitrogen and oxygen atoms in total. The van der Waals surface area contributed by atoms with Crippen molar-refractivity contribution in [3.8, 4) is 0 Å². The highest BCUT2D eigenvalue weighted by atomic mass is 16.5. The lowest BCUT2D eigenvalue weighted by Gasteiger charge is -2.41. The van der Waals surface area contributed by atoms with E-state index in [4.69, 9.17) is 9.47 Å². The highest BCUT2D eigenvalue weighted by Crippen LogP contribution is 2.32. The second-order valence-electron chi connectivity index (χ2n) is 6.33. The average molecular weight is 309 g/mol. The number of hydrogen-bond acceptors (Lipinski definition) is 5. The Morgan fingerprint density at radius 2 is 2.23 bits per heavy atom. The van der Waals surface area contributed by atoms with Gasteiger partial charge in [0.2, 0.25) is 0 Å². The number of carbonyl (C=O) groups excluding carboxylic acids is 1. The number of amides is 1. The summed E-state index contributed by atoms with van der Waals surface area (Å²) in [5.74, 6) is -0.199. The van der Waals surface area contributed by atoms with E-state index in [1.165, 1.54) is 0 Å². The summed E-state index contributed by atoms with van der Waals surface area (Å²) in [6.45, 7) is 4.87. The third-order valence-corrected chi connectivity index (χ3v) is 4.45. The van der Waals surface area contributed by atoms with Crippen LogP contribution in [0.4, 0.5) is 0 Å². The molecule has 122 valence electrons. The molecule has 2 aliphatic rings. The van der Waals surface area contributed by atoms with Gasteiger partial charge < -0.3 is 19.9 Å². The van der Waals surface area contributed by atoms with E-state index in [0.29, 0.717) is 31.7 Å². The number of nitrogens with one attached hydrogen (secondary N) is 1. The lowest BCUT2D eigenvalue weighted by Crippen LogP contribution is -2.62. The molecule has 1 aromatic heterocycles. The highest BCUT2D eigenvalue weighted by Gasteiger charge is 2.41. The fourth-order valence-corrected chi connectivity index (χ4v) is 3.36. The van der Waals surface area contributed by atoms with Gasteiger partial charge in [-0.05, 0) is 20.3 Å². The number of hydrogen-bond donors (Lipinski definition) is 2. The molecular weight excluding hydrogens is 286 g/mol. The van der Waals surface area contributed by atoms with E-state index in [0.717, 1.165) is 11.3 Å². The molecule has 1 aromatic rings. The summed E-state index contributed by atoms with van der Waals surface area (Å²) in [5, 5.41) is 16.6. The van der Waals surface area contributed by atoms with Crippen LogP contribution in [0.25, 0.3) is 0 Å². The SMILES string of the molecule is C[C@@H]1Cc2c(C(=O)NC3(CCO)COC3)nn(C)c2[C@H](C)O1. The fraction of sp³-hybridized carbons (Fsp3) is 0.733. The van der Waals surface area contributed by atoms with Gasteiger partial charge in [-0.15, -0.1) is 0 Å². The Kier molecular flexibility index (Phi) is 3.96. The molecule has 0 unspecified atom stereocenters. The van der Waals surface area contributed by atoms with Gasteiger partial charge in [0.25, 0.3) is 5.91 Å². The maximum Gasteiger partial charge on any atom is 0.272 e. The van der Waals surface area contributed by atoms with Crippen molar-refractivity contribution in [3.05, 3.63) is 17.0 Å². The molecule has 3 heterocycles. The van der Waals surface area contributed by atoms with Crippen molar-refractivity contribution in [1.29, 1.82) is 0 Å². The van der Waals surface area contributed by atoms with E-state index in [-0.39, 0.29) is 24.7 Å². The largest absolute Gasteiger partial charge is 0.396 e. The summed E-state index contributed by atoms with van der Waals surface area (Å²) in [6.07, 6.45) is 1.16. The van der Waals surface area contributed by atoms with Crippen molar-refractivity contribution in [3.63, 3.8) is 0 Å². The lowest BCUT2D eigenvalue weighted by atomic mass is 9.92. The second kappa shape index (κ2) is 5.64. The predicted molar refractivity (Wildman–Crippen MR) is 78.6 cm³/mol. The zero-order chi connectivity index (χ0) is 15.9. The van der Waals surface area contributed by atoms with Gasteiger partial charge >= 0.3 is 0 Å². The van der Waals surface area contributed by atoms with Crippen LogP contribution in [0.5, 0.6) is 0 Å². The van der Waals surface area contributed by atoms with Crippen LogP contribution in [-0.2, 0) is 22.9 Å². The van der Waals surface area contributed by atoms with Gasteiger partial charge in [0.15, 0.2) is 5.69 Å². The van der Waals surface area contributed by atoms with E-state index in [1.54, 1.807) is 4.68 Å². The van der Waals surface area contributed by atoms with Crippen molar-refractivity contribution in [2.75, 3.05) is 19.8 Å². The number of fused-ring (bicyclic) bond motifs is 1. The third kappa shape index (κ3) is 2.53. The molecule has 0 aliphatic carbocycles. The van der Waals surface area contributed by atoms with Crippen molar-refractivity contribution >= 4 is 5.91 Å². The first-order chi connectivity index (χ1) is 10.5. The molecule has 22 heavy (non-hydrogen) atoms. The first-order valence-corrected chi connectivity index (χ1v) is 7.68. The summed E-state index contributed by atoms with van der Waals surface area (Å²) >= 11 is 0. The van der Waals surface area contributed by atoms with Crippen LogP contribution >= 0.6 is 0 Å². The molecule has 0 radical (unpaired) electrons. The standard InChI is InChI=1S/C15H23N3O4/c1-9-6-11-12(17-18(3)13(11)10(2)22-9)14(20)16-15(4-5-19)7-21-8-15/h9-10,19H,4-8H2,1-3H3,(H,16,20)/t9-,10+/m1/s1. The zero-order valence-electron chi connectivity index (χ0n) is 13.3. The second-order valence-corrected chi connectivity index (χ2v) is 6.33. The van der Waals surface area contributed by atoms with Gasteiger partial charge in [0, 0.05) is 25.6 Å². The first-order valence-electron chi connectivity index (χ1n) is 7.68. The maximum atomic E-state index is 12.7. The lowest BCUT2D eigenvalue weighted by molar-refractivity contribution is -0.0786. The Labute approximate surface area is 129 Å². The molecule has 3 rings (SSSR count). The Bertz CT molecular complexity index is 580. The number of carbonyl (C=O) groups is 1. The molecule has 0 aromatic carbocycles. The molecule has 2 atom stereocenters. The number of aromatic nitrogens is 2. The Hall–Kier alpha value is -1.44. The van der Waals surface area contributed by atoms with Crippen LogP contribution in [0.3, 0.4) is 0 Å². The fourth-order valence-electron chi connectivity index (χ4n) is 3.36. The van der Waals surface area contributed by atoms with Crippen molar-refractivity contribution in [2.45, 2.75) is 44.4 Å². The van der Waals surface area contributed by atoms with E-state index >= 15 is 0 Å². The summed E-state index contributed by atoms with van der Waals surface area (Å²) < 4.78 is 12.8. The van der Waals surface area contributed by atoms with Gasteiger partial charge in [-0.1, -0.05) is 0 Å². The molecule has 0 bridgehead atoms. The minimum atomic E-state index is -0.460. The topological polar surface area (TPSA) is 85.6 Å². The summed E-state index contributed by atoms with van der Waals surface area (Å²) in [4.78, 5) is 12.7. The van der Waals surface area contributed by atoms with Crippen LogP contribution in [0.1, 0.15) is 48.1 Å². The van der Waals surface area contributed by atoms with E-state index < -0.39 is 5.54 Å². The van der Waals surface area contributed by atoms with Crippen molar-refractivity contribution in [2.24, 2.45) is 7.05 Å². The van der Waals surface area contributed by atoms with Crippen LogP contribution in [0, 0.1) is 0 Å². The number of aliphatic hydroxyl groups is 1. The molecule has 1 fully saturated rings. The van der Waals surface area contributed by atoms with Gasteiger partial charge in [-0.25, -0.2) is 0 Å². The molecule has 1 amide bonds. The number of ether oxygens (including phenoxy) is 2. The molecule has 2 N–H and O–H groups in total. The minimum absolute atomic E-state index is 0.0197. The van der Waals surface area contributed by atoms with E-state index in [9.17, 15) is 9.90 Å². The normalized spacial score (nSPS) is 26.2. The monoisotopic (exact) mass is 309 g/mol. The maximum absolute atomic E-state index is 12.7. The van der Waals surface area contributed by atoms with Crippen LogP contribution in [-0.4, -0.2) is 52.3 Å². The Balaban J connectivity index is 1.86. The average Bonchev–Trinajstić information content (AvgIpc) is 2.73. The molecule has 0 spiro atoms. The number of rotatable bonds is 4. The molecule has 1 saturated heterocycles. The molecule has 7 heteroatoms. The summed E-state index contributed by atoms with van der Waals surface area (Å²) in [5.41, 5.74) is 1.93. The minimum Gasteiger partial charge on any atom is -0.396 e. The predicted octanol–water partition coefficient (Wildman–Crippen LogP) is 0.323. The molecule has 0 saturated carbocycles. The molecular formula is C15H23N3O4. The van der Waals surface area contributed by atoms with Crippen molar-refractivity contribution < 1.29 is 19.4 Å². The van der Waals surface area contributed by atoms with Gasteiger partial charge in [0.05, 0.1) is 36.7 Å². The smallest absolute Gasteiger partial charge is 0.272 e. The van der Waals surface area contributed by atoms with Gasteiger partial charge in [-0.2, -0.15) is 5.10 Å². The molecule has 2 aliphatic heterocycles. The first kappa shape index (κ1) is 15.5. The zero-order valence-corrected chi connectivity index (χ0v) is 13.3. The highest BCUT2D eigenvalue weighted by molar-refractivity contribution is 5.94. The Morgan fingerprint density at radius 1 is 1.50 bits per heavy atom. The van der Waals surface area contributed by atoms with Gasteiger partial charge in [-0.3, -0.25) is 9.48 Å². The number of nitrogens with zero attached hydrogens (tertiary/aromatic N) is 2. The van der Waals surface area contributed by atoms with Crippen LogP contribution in [0.2, 0.25) is 0 Å². The Morgan fingerprint density at radius 3 is 2.82 bits per heavy atom.